The largest absolute Gasteiger partial charge is 0.481 e. The Balaban J connectivity index is 0.000000360. The summed E-state index contributed by atoms with van der Waals surface area (Å²) in [5, 5.41) is 8.18. The average molecular weight is 258 g/mol. The van der Waals surface area contributed by atoms with Crippen LogP contribution in [0.1, 0.15) is 47.0 Å². The second kappa shape index (κ2) is 7.78. The van der Waals surface area contributed by atoms with E-state index in [1.54, 1.807) is 6.92 Å². The van der Waals surface area contributed by atoms with Crippen molar-refractivity contribution in [2.75, 3.05) is 27.2 Å². The molecule has 0 amide bonds. The molecule has 1 rings (SSSR count). The van der Waals surface area contributed by atoms with Crippen LogP contribution in [0.3, 0.4) is 0 Å². The molecule has 0 saturated carbocycles. The fourth-order valence-electron chi connectivity index (χ4n) is 2.74. The fourth-order valence-corrected chi connectivity index (χ4v) is 2.74. The molecule has 0 aromatic heterocycles. The molecule has 0 spiro atoms. The third-order valence-corrected chi connectivity index (χ3v) is 4.21. The molecule has 3 heteroatoms. The van der Waals surface area contributed by atoms with Crippen LogP contribution in [0.4, 0.5) is 0 Å². The van der Waals surface area contributed by atoms with Gasteiger partial charge in [0, 0.05) is 11.8 Å². The third kappa shape index (κ3) is 5.85. The molecule has 1 aliphatic heterocycles. The van der Waals surface area contributed by atoms with Crippen molar-refractivity contribution in [3.8, 4) is 0 Å². The summed E-state index contributed by atoms with van der Waals surface area (Å²) in [6.07, 6.45) is 3.47. The zero-order valence-electron chi connectivity index (χ0n) is 13.1. The third-order valence-electron chi connectivity index (χ3n) is 4.21. The molecule has 3 atom stereocenters. The van der Waals surface area contributed by atoms with E-state index in [0.717, 1.165) is 18.3 Å². The van der Waals surface area contributed by atoms with E-state index in [4.69, 9.17) is 5.11 Å². The maximum absolute atomic E-state index is 9.93. The summed E-state index contributed by atoms with van der Waals surface area (Å²) in [5.74, 6) is 1.10. The number of quaternary nitrogens is 1. The molecule has 18 heavy (non-hydrogen) atoms. The van der Waals surface area contributed by atoms with Crippen LogP contribution in [-0.2, 0) is 4.79 Å². The molecule has 1 aliphatic rings. The summed E-state index contributed by atoms with van der Waals surface area (Å²) in [5.41, 5.74) is 0. The second-order valence-electron chi connectivity index (χ2n) is 6.29. The highest BCUT2D eigenvalue weighted by atomic mass is 16.4. The Bertz CT molecular complexity index is 237. The van der Waals surface area contributed by atoms with E-state index in [9.17, 15) is 4.79 Å². The van der Waals surface area contributed by atoms with Crippen molar-refractivity contribution in [2.45, 2.75) is 47.0 Å². The summed E-state index contributed by atoms with van der Waals surface area (Å²) in [6.45, 7) is 11.0. The minimum atomic E-state index is -0.706. The van der Waals surface area contributed by atoms with Crippen molar-refractivity contribution < 1.29 is 14.4 Å². The Labute approximate surface area is 113 Å². The summed E-state index contributed by atoms with van der Waals surface area (Å²) in [4.78, 5) is 9.93. The summed E-state index contributed by atoms with van der Waals surface area (Å²) < 4.78 is 1.25. The van der Waals surface area contributed by atoms with E-state index < -0.39 is 5.97 Å². The van der Waals surface area contributed by atoms with E-state index in [1.165, 1.54) is 30.4 Å². The Kier molecular flexibility index (Phi) is 7.53. The molecule has 0 bridgehead atoms. The Morgan fingerprint density at radius 1 is 1.17 bits per heavy atom. The van der Waals surface area contributed by atoms with E-state index in [2.05, 4.69) is 27.9 Å². The van der Waals surface area contributed by atoms with Crippen LogP contribution in [0.15, 0.2) is 0 Å². The van der Waals surface area contributed by atoms with Gasteiger partial charge in [0.25, 0.3) is 0 Å². The number of carboxylic acid groups (broad SMARTS) is 1. The van der Waals surface area contributed by atoms with Gasteiger partial charge in [-0.2, -0.15) is 0 Å². The molecule has 0 aliphatic carbocycles. The first-order chi connectivity index (χ1) is 8.27. The average Bonchev–Trinajstić information content (AvgIpc) is 2.63. The Morgan fingerprint density at radius 3 is 1.72 bits per heavy atom. The topological polar surface area (TPSA) is 37.3 Å². The SMILES string of the molecule is CCC(C)C(=O)O.CCC1C[N+](C)(C)CC1CC. The highest BCUT2D eigenvalue weighted by Crippen LogP contribution is 2.30. The Morgan fingerprint density at radius 2 is 1.56 bits per heavy atom. The van der Waals surface area contributed by atoms with Crippen LogP contribution in [0.2, 0.25) is 0 Å². The maximum Gasteiger partial charge on any atom is 0.306 e. The van der Waals surface area contributed by atoms with E-state index in [1.807, 2.05) is 6.92 Å². The first-order valence-electron chi connectivity index (χ1n) is 7.32. The molecular formula is C15H32NO2+. The molecule has 3 nitrogen and oxygen atoms in total. The molecule has 1 N–H and O–H groups in total. The van der Waals surface area contributed by atoms with Gasteiger partial charge in [0.2, 0.25) is 0 Å². The highest BCUT2D eigenvalue weighted by molar-refractivity contribution is 5.69. The zero-order valence-corrected chi connectivity index (χ0v) is 13.1. The lowest BCUT2D eigenvalue weighted by Crippen LogP contribution is -2.36. The number of rotatable bonds is 4. The number of hydrogen-bond acceptors (Lipinski definition) is 1. The fraction of sp³-hybridized carbons (Fsp3) is 0.933. The molecule has 0 aromatic carbocycles. The van der Waals surface area contributed by atoms with E-state index in [-0.39, 0.29) is 5.92 Å². The predicted molar refractivity (Wildman–Crippen MR) is 76.5 cm³/mol. The summed E-state index contributed by atoms with van der Waals surface area (Å²) >= 11 is 0. The minimum Gasteiger partial charge on any atom is -0.481 e. The van der Waals surface area contributed by atoms with Gasteiger partial charge in [0.1, 0.15) is 0 Å². The van der Waals surface area contributed by atoms with Crippen LogP contribution in [0.25, 0.3) is 0 Å². The van der Waals surface area contributed by atoms with Gasteiger partial charge >= 0.3 is 5.97 Å². The van der Waals surface area contributed by atoms with Crippen LogP contribution >= 0.6 is 0 Å². The molecular weight excluding hydrogens is 226 g/mol. The van der Waals surface area contributed by atoms with Crippen molar-refractivity contribution in [3.63, 3.8) is 0 Å². The molecule has 1 saturated heterocycles. The molecule has 108 valence electrons. The lowest BCUT2D eigenvalue weighted by Gasteiger charge is -2.23. The van der Waals surface area contributed by atoms with E-state index >= 15 is 0 Å². The number of hydrogen-bond donors (Lipinski definition) is 1. The predicted octanol–water partition coefficient (Wildman–Crippen LogP) is 3.25. The number of nitrogens with zero attached hydrogens (tertiary/aromatic N) is 1. The van der Waals surface area contributed by atoms with Crippen LogP contribution < -0.4 is 0 Å². The molecule has 1 heterocycles. The number of likely N-dealkylation sites (tertiary alicyclic amines) is 1. The summed E-state index contributed by atoms with van der Waals surface area (Å²) in [7, 11) is 4.72. The normalized spacial score (nSPS) is 27.2. The number of carbonyl (C=O) groups is 1. The van der Waals surface area contributed by atoms with Crippen molar-refractivity contribution in [2.24, 2.45) is 17.8 Å². The Hall–Kier alpha value is -0.570. The van der Waals surface area contributed by atoms with Crippen molar-refractivity contribution in [1.29, 1.82) is 0 Å². The van der Waals surface area contributed by atoms with Crippen molar-refractivity contribution >= 4 is 5.97 Å². The smallest absolute Gasteiger partial charge is 0.306 e. The van der Waals surface area contributed by atoms with Gasteiger partial charge < -0.3 is 9.59 Å². The number of aliphatic carboxylic acids is 1. The van der Waals surface area contributed by atoms with Crippen molar-refractivity contribution in [3.05, 3.63) is 0 Å². The minimum absolute atomic E-state index is 0.181. The van der Waals surface area contributed by atoms with Gasteiger partial charge in [0.05, 0.1) is 33.1 Å². The van der Waals surface area contributed by atoms with Gasteiger partial charge in [-0.1, -0.05) is 27.7 Å². The molecule has 0 radical (unpaired) electrons. The van der Waals surface area contributed by atoms with Gasteiger partial charge in [-0.3, -0.25) is 4.79 Å². The monoisotopic (exact) mass is 258 g/mol. The standard InChI is InChI=1S/C10H22N.C5H10O2/c1-5-9-7-11(3,4)8-10(9)6-2;1-3-4(2)5(6)7/h9-10H,5-8H2,1-4H3;4H,3H2,1-2H3,(H,6,7)/q+1;. The summed E-state index contributed by atoms with van der Waals surface area (Å²) in [6, 6.07) is 0. The maximum atomic E-state index is 9.93. The lowest BCUT2D eigenvalue weighted by atomic mass is 9.92. The van der Waals surface area contributed by atoms with Crippen LogP contribution in [-0.4, -0.2) is 42.7 Å². The van der Waals surface area contributed by atoms with Gasteiger partial charge in [-0.15, -0.1) is 0 Å². The lowest BCUT2D eigenvalue weighted by molar-refractivity contribution is -0.880. The highest BCUT2D eigenvalue weighted by Gasteiger charge is 2.37. The first kappa shape index (κ1) is 17.4. The molecule has 0 aromatic rings. The van der Waals surface area contributed by atoms with Crippen LogP contribution in [0, 0.1) is 17.8 Å². The first-order valence-corrected chi connectivity index (χ1v) is 7.32. The quantitative estimate of drug-likeness (QED) is 0.786. The van der Waals surface area contributed by atoms with E-state index in [0.29, 0.717) is 0 Å². The zero-order chi connectivity index (χ0) is 14.3. The van der Waals surface area contributed by atoms with Gasteiger partial charge in [-0.25, -0.2) is 0 Å². The second-order valence-corrected chi connectivity index (χ2v) is 6.29. The van der Waals surface area contributed by atoms with Crippen molar-refractivity contribution in [1.82, 2.24) is 0 Å². The number of carboxylic acids is 1. The molecule has 3 unspecified atom stereocenters. The van der Waals surface area contributed by atoms with Gasteiger partial charge in [-0.05, 0) is 19.3 Å². The van der Waals surface area contributed by atoms with Gasteiger partial charge in [0.15, 0.2) is 0 Å². The molecule has 1 fully saturated rings. The van der Waals surface area contributed by atoms with Crippen LogP contribution in [0.5, 0.6) is 0 Å².